The van der Waals surface area contributed by atoms with Crippen molar-refractivity contribution in [2.75, 3.05) is 0 Å². The first kappa shape index (κ1) is 17.0. The first-order chi connectivity index (χ1) is 13.6. The lowest BCUT2D eigenvalue weighted by atomic mass is 9.79. The molecule has 28 heavy (non-hydrogen) atoms. The molecule has 1 N–H and O–H groups in total. The van der Waals surface area contributed by atoms with E-state index in [2.05, 4.69) is 4.98 Å². The van der Waals surface area contributed by atoms with Crippen molar-refractivity contribution in [2.45, 2.75) is 25.0 Å². The summed E-state index contributed by atoms with van der Waals surface area (Å²) in [6.07, 6.45) is -0.622. The highest BCUT2D eigenvalue weighted by atomic mass is 32.1. The molecular formula is C22H18N2O3S. The number of benzene rings is 2. The second-order valence-electron chi connectivity index (χ2n) is 7.05. The molecule has 0 saturated heterocycles. The van der Waals surface area contributed by atoms with Crippen LogP contribution in [0.15, 0.2) is 66.0 Å². The van der Waals surface area contributed by atoms with Crippen molar-refractivity contribution in [1.82, 2.24) is 4.98 Å². The van der Waals surface area contributed by atoms with Crippen LogP contribution in [0.4, 0.5) is 0 Å². The molecule has 1 aliphatic heterocycles. The van der Waals surface area contributed by atoms with Crippen molar-refractivity contribution >= 4 is 22.2 Å². The molecule has 0 fully saturated rings. The molecule has 0 aliphatic carbocycles. The number of para-hydroxylation sites is 2. The average Bonchev–Trinajstić information content (AvgIpc) is 3.33. The Labute approximate surface area is 165 Å². The van der Waals surface area contributed by atoms with Crippen LogP contribution in [-0.2, 0) is 0 Å². The van der Waals surface area contributed by atoms with Gasteiger partial charge in [0.1, 0.15) is 5.75 Å². The van der Waals surface area contributed by atoms with E-state index in [0.29, 0.717) is 5.75 Å². The normalized spacial score (nSPS) is 21.2. The van der Waals surface area contributed by atoms with Crippen LogP contribution in [0.5, 0.6) is 5.75 Å². The van der Waals surface area contributed by atoms with Crippen molar-refractivity contribution in [3.8, 4) is 5.75 Å². The van der Waals surface area contributed by atoms with E-state index in [9.17, 15) is 10.1 Å². The van der Waals surface area contributed by atoms with Gasteiger partial charge in [-0.25, -0.2) is 0 Å². The highest BCUT2D eigenvalue weighted by Gasteiger charge is 2.49. The van der Waals surface area contributed by atoms with E-state index >= 15 is 0 Å². The summed E-state index contributed by atoms with van der Waals surface area (Å²) in [5.41, 5.74) is 3.80. The van der Waals surface area contributed by atoms with Crippen LogP contribution in [0.3, 0.4) is 0 Å². The van der Waals surface area contributed by atoms with E-state index in [1.165, 1.54) is 11.3 Å². The number of fused-ring (bicyclic) bond motifs is 2. The molecule has 1 aliphatic rings. The van der Waals surface area contributed by atoms with Crippen molar-refractivity contribution in [1.29, 1.82) is 0 Å². The van der Waals surface area contributed by atoms with Crippen LogP contribution >= 0.6 is 11.3 Å². The topological polar surface area (TPSA) is 68.2 Å². The number of hydrogen-bond donors (Lipinski definition) is 1. The Morgan fingerprint density at radius 1 is 1.07 bits per heavy atom. The molecule has 5 nitrogen and oxygen atoms in total. The Hall–Kier alpha value is -3.12. The Morgan fingerprint density at radius 2 is 1.86 bits per heavy atom. The lowest BCUT2D eigenvalue weighted by molar-refractivity contribution is -0.538. The molecule has 140 valence electrons. The minimum absolute atomic E-state index is 0.174. The minimum atomic E-state index is -0.911. The molecule has 0 unspecified atom stereocenters. The second-order valence-corrected chi connectivity index (χ2v) is 8.03. The number of nitro groups is 1. The van der Waals surface area contributed by atoms with E-state index < -0.39 is 18.1 Å². The standard InChI is InChI=1S/C22H18N2O3S/c1-13-19(14-7-2-4-9-16(14)23-13)20-15-8-3-5-10-17(15)27-22(21(20)24(25)26)18-11-6-12-28-18/h2-12,20-23H,1H3/t20-,21-,22-/m0/s1. The molecule has 6 heteroatoms. The second kappa shape index (κ2) is 6.49. The molecule has 3 heterocycles. The molecule has 2 aromatic carbocycles. The third-order valence-corrected chi connectivity index (χ3v) is 6.41. The van der Waals surface area contributed by atoms with Gasteiger partial charge < -0.3 is 9.72 Å². The summed E-state index contributed by atoms with van der Waals surface area (Å²) < 4.78 is 6.19. The molecule has 0 saturated carbocycles. The number of aryl methyl sites for hydroxylation is 1. The van der Waals surface area contributed by atoms with Crippen LogP contribution < -0.4 is 4.74 Å². The molecular weight excluding hydrogens is 372 g/mol. The predicted octanol–water partition coefficient (Wildman–Crippen LogP) is 5.45. The van der Waals surface area contributed by atoms with Crippen LogP contribution in [0.1, 0.15) is 33.7 Å². The van der Waals surface area contributed by atoms with Crippen molar-refractivity contribution in [3.05, 3.63) is 97.9 Å². The lowest BCUT2D eigenvalue weighted by Gasteiger charge is -2.34. The number of rotatable bonds is 3. The first-order valence-corrected chi connectivity index (χ1v) is 10.0. The predicted molar refractivity (Wildman–Crippen MR) is 110 cm³/mol. The molecule has 0 bridgehead atoms. The van der Waals surface area contributed by atoms with Crippen LogP contribution in [-0.4, -0.2) is 15.9 Å². The van der Waals surface area contributed by atoms with Crippen LogP contribution in [0.2, 0.25) is 0 Å². The van der Waals surface area contributed by atoms with Gasteiger partial charge in [0, 0.05) is 27.1 Å². The quantitative estimate of drug-likeness (QED) is 0.374. The van der Waals surface area contributed by atoms with Crippen molar-refractivity contribution in [2.24, 2.45) is 0 Å². The summed E-state index contributed by atoms with van der Waals surface area (Å²) in [4.78, 5) is 16.4. The minimum Gasteiger partial charge on any atom is -0.477 e. The number of ether oxygens (including phenoxy) is 1. The highest BCUT2D eigenvalue weighted by Crippen LogP contribution is 2.49. The van der Waals surface area contributed by atoms with Gasteiger partial charge in [-0.15, -0.1) is 11.3 Å². The third kappa shape index (κ3) is 2.52. The number of hydrogen-bond acceptors (Lipinski definition) is 4. The van der Waals surface area contributed by atoms with Gasteiger partial charge in [-0.3, -0.25) is 10.1 Å². The monoisotopic (exact) mass is 390 g/mol. The van der Waals surface area contributed by atoms with Crippen molar-refractivity contribution in [3.63, 3.8) is 0 Å². The molecule has 3 atom stereocenters. The van der Waals surface area contributed by atoms with Gasteiger partial charge in [0.05, 0.1) is 10.8 Å². The molecule has 2 aromatic heterocycles. The Morgan fingerprint density at radius 3 is 2.64 bits per heavy atom. The zero-order valence-corrected chi connectivity index (χ0v) is 16.0. The maximum atomic E-state index is 12.3. The molecule has 4 aromatic rings. The summed E-state index contributed by atoms with van der Waals surface area (Å²) in [5.74, 6) is 0.317. The van der Waals surface area contributed by atoms with Gasteiger partial charge >= 0.3 is 0 Å². The summed E-state index contributed by atoms with van der Waals surface area (Å²) in [5, 5.41) is 15.3. The van der Waals surface area contributed by atoms with E-state index in [-0.39, 0.29) is 4.92 Å². The largest absolute Gasteiger partial charge is 0.477 e. The fraction of sp³-hybridized carbons (Fsp3) is 0.182. The van der Waals surface area contributed by atoms with Crippen LogP contribution in [0, 0.1) is 17.0 Å². The summed E-state index contributed by atoms with van der Waals surface area (Å²) in [7, 11) is 0. The summed E-state index contributed by atoms with van der Waals surface area (Å²) >= 11 is 1.50. The van der Waals surface area contributed by atoms with Gasteiger partial charge in [-0.05, 0) is 36.1 Å². The zero-order chi connectivity index (χ0) is 19.3. The van der Waals surface area contributed by atoms with E-state index in [1.54, 1.807) is 0 Å². The molecule has 0 amide bonds. The van der Waals surface area contributed by atoms with Gasteiger partial charge in [0.2, 0.25) is 6.10 Å². The fourth-order valence-electron chi connectivity index (χ4n) is 4.35. The maximum absolute atomic E-state index is 12.3. The number of nitrogens with zero attached hydrogens (tertiary/aromatic N) is 1. The Balaban J connectivity index is 1.80. The first-order valence-electron chi connectivity index (χ1n) is 9.15. The van der Waals surface area contributed by atoms with Gasteiger partial charge in [0.15, 0.2) is 0 Å². The van der Waals surface area contributed by atoms with Gasteiger partial charge in [-0.2, -0.15) is 0 Å². The molecule has 0 spiro atoms. The highest BCUT2D eigenvalue weighted by molar-refractivity contribution is 7.10. The Kier molecular flexibility index (Phi) is 3.94. The fourth-order valence-corrected chi connectivity index (χ4v) is 5.14. The third-order valence-electron chi connectivity index (χ3n) is 5.48. The van der Waals surface area contributed by atoms with Gasteiger partial charge in [0.25, 0.3) is 6.04 Å². The molecule has 5 rings (SSSR count). The van der Waals surface area contributed by atoms with Gasteiger partial charge in [-0.1, -0.05) is 42.5 Å². The van der Waals surface area contributed by atoms with Crippen molar-refractivity contribution < 1.29 is 9.66 Å². The molecule has 0 radical (unpaired) electrons. The van der Waals surface area contributed by atoms with E-state index in [4.69, 9.17) is 4.74 Å². The summed E-state index contributed by atoms with van der Waals surface area (Å²) in [6.45, 7) is 1.99. The number of aromatic nitrogens is 1. The SMILES string of the molecule is Cc1[nH]c2ccccc2c1[C@@H]1c2ccccc2O[C@@H](c2cccs2)[C@H]1[N+](=O)[O-]. The lowest BCUT2D eigenvalue weighted by Crippen LogP contribution is -2.40. The number of aromatic amines is 1. The summed E-state index contributed by atoms with van der Waals surface area (Å²) in [6, 6.07) is 18.6. The van der Waals surface area contributed by atoms with E-state index in [0.717, 1.165) is 32.6 Å². The number of thiophene rings is 1. The van der Waals surface area contributed by atoms with E-state index in [1.807, 2.05) is 73.0 Å². The van der Waals surface area contributed by atoms with Crippen LogP contribution in [0.25, 0.3) is 10.9 Å². The number of H-pyrrole nitrogens is 1. The average molecular weight is 390 g/mol. The smallest absolute Gasteiger partial charge is 0.265 e. The zero-order valence-electron chi connectivity index (χ0n) is 15.2. The number of nitrogens with one attached hydrogen (secondary N) is 1. The Bertz CT molecular complexity index is 1170. The maximum Gasteiger partial charge on any atom is 0.265 e.